The van der Waals surface area contributed by atoms with Crippen molar-refractivity contribution >= 4 is 35.0 Å². The van der Waals surface area contributed by atoms with E-state index in [0.717, 1.165) is 42.8 Å². The van der Waals surface area contributed by atoms with E-state index in [-0.39, 0.29) is 0 Å². The van der Waals surface area contributed by atoms with Gasteiger partial charge >= 0.3 is 0 Å². The number of hydrogen-bond donors (Lipinski definition) is 2. The molecular formula is C23H27N7OS. The molecule has 2 aliphatic rings. The summed E-state index contributed by atoms with van der Waals surface area (Å²) in [6, 6.07) is 10.3. The van der Waals surface area contributed by atoms with Gasteiger partial charge in [-0.05, 0) is 43.4 Å². The second-order valence-corrected chi connectivity index (χ2v) is 9.30. The van der Waals surface area contributed by atoms with Gasteiger partial charge in [0.15, 0.2) is 0 Å². The van der Waals surface area contributed by atoms with Crippen molar-refractivity contribution in [3.05, 3.63) is 54.6 Å². The van der Waals surface area contributed by atoms with Gasteiger partial charge in [-0.3, -0.25) is 4.90 Å². The lowest BCUT2D eigenvalue weighted by atomic mass is 9.78. The number of thioether (sulfide) groups is 1. The number of nitrogens with one attached hydrogen (secondary N) is 2. The van der Waals surface area contributed by atoms with Crippen molar-refractivity contribution in [1.29, 1.82) is 0 Å². The minimum Gasteiger partial charge on any atom is -0.381 e. The van der Waals surface area contributed by atoms with Crippen LogP contribution in [0.4, 0.5) is 23.3 Å². The standard InChI is InChI=1S/C23H27N7OS/c1-16(30-12-23(13-30)7-9-31-14-23)17-5-6-19(25-11-17)28-20-10-21(27-15-26-20)29-22-18(32-2)4-3-8-24-22/h3-6,8,10-11,15-16H,7,9,12-14H2,1-2H3,(H2,24,25,26,27,28,29). The molecule has 9 heteroatoms. The van der Waals surface area contributed by atoms with Crippen molar-refractivity contribution in [2.24, 2.45) is 5.41 Å². The molecule has 2 aliphatic heterocycles. The van der Waals surface area contributed by atoms with E-state index >= 15 is 0 Å². The summed E-state index contributed by atoms with van der Waals surface area (Å²) in [7, 11) is 0. The molecule has 2 saturated heterocycles. The fraction of sp³-hybridized carbons (Fsp3) is 0.391. The van der Waals surface area contributed by atoms with Crippen molar-refractivity contribution in [3.63, 3.8) is 0 Å². The Hall–Kier alpha value is -2.75. The number of rotatable bonds is 7. The average Bonchev–Trinajstić information content (AvgIpc) is 3.29. The molecule has 32 heavy (non-hydrogen) atoms. The van der Waals surface area contributed by atoms with Crippen LogP contribution in [0.25, 0.3) is 0 Å². The highest BCUT2D eigenvalue weighted by molar-refractivity contribution is 7.98. The summed E-state index contributed by atoms with van der Waals surface area (Å²) in [5, 5.41) is 6.53. The van der Waals surface area contributed by atoms with Crippen molar-refractivity contribution in [2.45, 2.75) is 24.3 Å². The van der Waals surface area contributed by atoms with Gasteiger partial charge in [0, 0.05) is 54.5 Å². The van der Waals surface area contributed by atoms with Crippen LogP contribution in [0.2, 0.25) is 0 Å². The molecule has 5 rings (SSSR count). The SMILES string of the molecule is CSc1cccnc1Nc1cc(Nc2ccc(C(C)N3CC4(CCOC4)C3)cn2)ncn1. The van der Waals surface area contributed by atoms with Crippen LogP contribution in [0, 0.1) is 5.41 Å². The first-order valence-corrected chi connectivity index (χ1v) is 12.0. The number of likely N-dealkylation sites (tertiary alicyclic amines) is 1. The van der Waals surface area contributed by atoms with Gasteiger partial charge < -0.3 is 15.4 Å². The Morgan fingerprint density at radius 1 is 1.06 bits per heavy atom. The second kappa shape index (κ2) is 9.01. The van der Waals surface area contributed by atoms with Crippen molar-refractivity contribution in [3.8, 4) is 0 Å². The Bertz CT molecular complexity index is 1060. The number of aromatic nitrogens is 4. The third-order valence-electron chi connectivity index (χ3n) is 6.24. The molecule has 1 spiro atoms. The summed E-state index contributed by atoms with van der Waals surface area (Å²) < 4.78 is 5.59. The molecule has 1 unspecified atom stereocenters. The van der Waals surface area contributed by atoms with Gasteiger partial charge in [-0.25, -0.2) is 19.9 Å². The van der Waals surface area contributed by atoms with Crippen LogP contribution >= 0.6 is 11.8 Å². The maximum atomic E-state index is 5.59. The van der Waals surface area contributed by atoms with Gasteiger partial charge in [-0.1, -0.05) is 6.07 Å². The summed E-state index contributed by atoms with van der Waals surface area (Å²) in [6.45, 7) is 6.28. The van der Waals surface area contributed by atoms with Gasteiger partial charge in [0.2, 0.25) is 0 Å². The van der Waals surface area contributed by atoms with Crippen molar-refractivity contribution in [1.82, 2.24) is 24.8 Å². The van der Waals surface area contributed by atoms with Crippen LogP contribution in [0.5, 0.6) is 0 Å². The Morgan fingerprint density at radius 3 is 2.62 bits per heavy atom. The molecule has 8 nitrogen and oxygen atoms in total. The number of anilines is 4. The molecule has 2 N–H and O–H groups in total. The molecule has 2 fully saturated rings. The molecule has 3 aromatic rings. The Labute approximate surface area is 192 Å². The minimum absolute atomic E-state index is 0.349. The van der Waals surface area contributed by atoms with E-state index in [0.29, 0.717) is 23.1 Å². The van der Waals surface area contributed by atoms with E-state index < -0.39 is 0 Å². The fourth-order valence-corrected chi connectivity index (χ4v) is 4.83. The lowest BCUT2D eigenvalue weighted by Gasteiger charge is -2.50. The first-order chi connectivity index (χ1) is 15.6. The van der Waals surface area contributed by atoms with E-state index in [1.54, 1.807) is 18.0 Å². The van der Waals surface area contributed by atoms with Crippen LogP contribution < -0.4 is 10.6 Å². The zero-order valence-corrected chi connectivity index (χ0v) is 19.1. The summed E-state index contributed by atoms with van der Waals surface area (Å²) in [5.41, 5.74) is 1.61. The predicted octanol–water partition coefficient (Wildman–Crippen LogP) is 4.26. The fourth-order valence-electron chi connectivity index (χ4n) is 4.32. The van der Waals surface area contributed by atoms with Crippen LogP contribution in [-0.2, 0) is 4.74 Å². The first-order valence-electron chi connectivity index (χ1n) is 10.8. The highest BCUT2D eigenvalue weighted by Crippen LogP contribution is 2.42. The van der Waals surface area contributed by atoms with E-state index in [4.69, 9.17) is 4.74 Å². The third kappa shape index (κ3) is 4.41. The summed E-state index contributed by atoms with van der Waals surface area (Å²) in [5.74, 6) is 2.86. The number of pyridine rings is 2. The van der Waals surface area contributed by atoms with Gasteiger partial charge in [0.05, 0.1) is 6.61 Å². The van der Waals surface area contributed by atoms with Gasteiger partial charge in [0.1, 0.15) is 29.6 Å². The lowest BCUT2D eigenvalue weighted by Crippen LogP contribution is -2.57. The molecule has 0 aliphatic carbocycles. The first kappa shape index (κ1) is 21.1. The van der Waals surface area contributed by atoms with Crippen LogP contribution in [0.1, 0.15) is 24.9 Å². The molecule has 0 bridgehead atoms. The lowest BCUT2D eigenvalue weighted by molar-refractivity contribution is -0.0320. The zero-order chi connectivity index (χ0) is 22.0. The molecule has 1 atom stereocenters. The maximum Gasteiger partial charge on any atom is 0.145 e. The Kier molecular flexibility index (Phi) is 5.95. The largest absolute Gasteiger partial charge is 0.381 e. The van der Waals surface area contributed by atoms with Crippen LogP contribution in [-0.4, -0.2) is 57.4 Å². The summed E-state index contributed by atoms with van der Waals surface area (Å²) in [4.78, 5) is 21.2. The van der Waals surface area contributed by atoms with E-state index in [2.05, 4.69) is 48.5 Å². The monoisotopic (exact) mass is 449 g/mol. The number of hydrogen-bond acceptors (Lipinski definition) is 9. The summed E-state index contributed by atoms with van der Waals surface area (Å²) in [6.07, 6.45) is 8.44. The van der Waals surface area contributed by atoms with E-state index in [1.165, 1.54) is 18.3 Å². The topological polar surface area (TPSA) is 88.1 Å². The molecule has 5 heterocycles. The van der Waals surface area contributed by atoms with Crippen LogP contribution in [0.15, 0.2) is 53.9 Å². The van der Waals surface area contributed by atoms with Crippen molar-refractivity contribution in [2.75, 3.05) is 43.2 Å². The Balaban J connectivity index is 1.21. The van der Waals surface area contributed by atoms with Gasteiger partial charge in [-0.2, -0.15) is 0 Å². The molecule has 0 saturated carbocycles. The summed E-state index contributed by atoms with van der Waals surface area (Å²) >= 11 is 1.63. The smallest absolute Gasteiger partial charge is 0.145 e. The third-order valence-corrected chi connectivity index (χ3v) is 7.01. The molecule has 3 aromatic heterocycles. The maximum absolute atomic E-state index is 5.59. The van der Waals surface area contributed by atoms with Crippen molar-refractivity contribution < 1.29 is 4.74 Å². The molecule has 166 valence electrons. The van der Waals surface area contributed by atoms with E-state index in [1.807, 2.05) is 36.7 Å². The highest BCUT2D eigenvalue weighted by atomic mass is 32.2. The molecule has 0 amide bonds. The van der Waals surface area contributed by atoms with Crippen LogP contribution in [0.3, 0.4) is 0 Å². The zero-order valence-electron chi connectivity index (χ0n) is 18.3. The number of ether oxygens (including phenoxy) is 1. The molecule has 0 radical (unpaired) electrons. The quantitative estimate of drug-likeness (QED) is 0.514. The molecular weight excluding hydrogens is 422 g/mol. The average molecular weight is 450 g/mol. The number of nitrogens with zero attached hydrogens (tertiary/aromatic N) is 5. The van der Waals surface area contributed by atoms with E-state index in [9.17, 15) is 0 Å². The highest BCUT2D eigenvalue weighted by Gasteiger charge is 2.47. The Morgan fingerprint density at radius 2 is 1.91 bits per heavy atom. The molecule has 0 aromatic carbocycles. The predicted molar refractivity (Wildman–Crippen MR) is 127 cm³/mol. The second-order valence-electron chi connectivity index (χ2n) is 8.45. The minimum atomic E-state index is 0.349. The van der Waals surface area contributed by atoms with Gasteiger partial charge in [0.25, 0.3) is 0 Å². The normalized spacial score (nSPS) is 18.3. The van der Waals surface area contributed by atoms with Gasteiger partial charge in [-0.15, -0.1) is 11.8 Å².